The molecule has 0 spiro atoms. The second-order valence-corrected chi connectivity index (χ2v) is 5.96. The van der Waals surface area contributed by atoms with E-state index in [2.05, 4.69) is 5.16 Å². The molecule has 0 N–H and O–H groups in total. The number of carbonyl (C=O) groups is 1. The molecule has 0 saturated heterocycles. The fourth-order valence-electron chi connectivity index (χ4n) is 2.95. The van der Waals surface area contributed by atoms with Gasteiger partial charge in [0.1, 0.15) is 0 Å². The van der Waals surface area contributed by atoms with Crippen LogP contribution >= 0.6 is 0 Å². The minimum Gasteiger partial charge on any atom is -0.386 e. The van der Waals surface area contributed by atoms with E-state index in [0.29, 0.717) is 12.1 Å². The van der Waals surface area contributed by atoms with E-state index in [1.807, 2.05) is 49.4 Å². The van der Waals surface area contributed by atoms with Gasteiger partial charge in [0.2, 0.25) is 0 Å². The summed E-state index contributed by atoms with van der Waals surface area (Å²) in [5.74, 6) is -0.251. The van der Waals surface area contributed by atoms with Crippen LogP contribution in [-0.2, 0) is 9.63 Å². The molecule has 0 aliphatic rings. The highest BCUT2D eigenvalue weighted by molar-refractivity contribution is 6.04. The molecule has 0 heterocycles. The Balaban J connectivity index is 1.71. The summed E-state index contributed by atoms with van der Waals surface area (Å²) in [5.41, 5.74) is 1.03. The largest absolute Gasteiger partial charge is 0.386 e. The van der Waals surface area contributed by atoms with Crippen LogP contribution in [0.1, 0.15) is 12.5 Å². The minimum atomic E-state index is -0.494. The lowest BCUT2D eigenvalue weighted by Gasteiger charge is -2.22. The Kier molecular flexibility index (Phi) is 5.96. The fraction of sp³-hybridized carbons (Fsp3) is 0.143. The highest BCUT2D eigenvalue weighted by Gasteiger charge is 2.17. The molecule has 0 fully saturated rings. The van der Waals surface area contributed by atoms with E-state index in [0.717, 1.165) is 16.5 Å². The van der Waals surface area contributed by atoms with Gasteiger partial charge in [-0.25, -0.2) is 0 Å². The van der Waals surface area contributed by atoms with Crippen LogP contribution < -0.4 is 4.90 Å². The molecule has 3 rings (SSSR count). The summed E-state index contributed by atoms with van der Waals surface area (Å²) in [4.78, 5) is 29.9. The number of benzene rings is 3. The van der Waals surface area contributed by atoms with Crippen molar-refractivity contribution in [3.8, 4) is 0 Å². The number of oxime groups is 1. The number of rotatable bonds is 7. The third-order valence-corrected chi connectivity index (χ3v) is 4.26. The molecule has 7 heteroatoms. The topological polar surface area (TPSA) is 85.0 Å². The number of amides is 1. The monoisotopic (exact) mass is 377 g/mol. The molecule has 7 nitrogen and oxygen atoms in total. The number of nitro benzene ring substituents is 1. The Morgan fingerprint density at radius 1 is 1.11 bits per heavy atom. The van der Waals surface area contributed by atoms with Crippen LogP contribution in [0.2, 0.25) is 0 Å². The highest BCUT2D eigenvalue weighted by Crippen LogP contribution is 2.26. The fourth-order valence-corrected chi connectivity index (χ4v) is 2.95. The number of likely N-dealkylation sites (N-methyl/N-ethyl adjacent to an activating group) is 1. The first-order valence-electron chi connectivity index (χ1n) is 8.78. The third kappa shape index (κ3) is 4.15. The van der Waals surface area contributed by atoms with Gasteiger partial charge in [-0.2, -0.15) is 0 Å². The second-order valence-electron chi connectivity index (χ2n) is 5.96. The lowest BCUT2D eigenvalue weighted by atomic mass is 10.1. The zero-order valence-electron chi connectivity index (χ0n) is 15.3. The van der Waals surface area contributed by atoms with Gasteiger partial charge in [-0.15, -0.1) is 0 Å². The maximum Gasteiger partial charge on any atom is 0.278 e. The quantitative estimate of drug-likeness (QED) is 0.352. The number of nitrogens with zero attached hydrogens (tertiary/aromatic N) is 3. The van der Waals surface area contributed by atoms with Gasteiger partial charge in [-0.3, -0.25) is 14.9 Å². The first-order chi connectivity index (χ1) is 13.6. The van der Waals surface area contributed by atoms with E-state index in [1.165, 1.54) is 12.3 Å². The zero-order valence-corrected chi connectivity index (χ0v) is 15.3. The average Bonchev–Trinajstić information content (AvgIpc) is 2.72. The molecular formula is C21H19N3O4. The summed E-state index contributed by atoms with van der Waals surface area (Å²) in [7, 11) is 0. The number of nitro groups is 1. The van der Waals surface area contributed by atoms with Gasteiger partial charge in [0.15, 0.2) is 6.61 Å². The highest BCUT2D eigenvalue weighted by atomic mass is 16.6. The second kappa shape index (κ2) is 8.77. The van der Waals surface area contributed by atoms with Crippen molar-refractivity contribution < 1.29 is 14.6 Å². The molecule has 3 aromatic carbocycles. The molecule has 3 aromatic rings. The van der Waals surface area contributed by atoms with Crippen LogP contribution in [-0.4, -0.2) is 30.2 Å². The summed E-state index contributed by atoms with van der Waals surface area (Å²) in [6.45, 7) is 2.09. The van der Waals surface area contributed by atoms with Crippen LogP contribution in [0.25, 0.3) is 10.8 Å². The summed E-state index contributed by atoms with van der Waals surface area (Å²) in [6, 6.07) is 19.8. The molecule has 0 atom stereocenters. The number of para-hydroxylation sites is 1. The van der Waals surface area contributed by atoms with Crippen molar-refractivity contribution in [1.29, 1.82) is 0 Å². The van der Waals surface area contributed by atoms with Gasteiger partial charge in [0, 0.05) is 18.0 Å². The Morgan fingerprint density at radius 2 is 1.82 bits per heavy atom. The SMILES string of the molecule is CCN(C(=O)CO/N=C/c1ccccc1[N+](=O)[O-])c1cccc2ccccc12. The van der Waals surface area contributed by atoms with Gasteiger partial charge in [-0.05, 0) is 24.4 Å². The molecule has 0 aromatic heterocycles. The molecule has 0 aliphatic carbocycles. The molecule has 0 unspecified atom stereocenters. The molecule has 0 saturated carbocycles. The zero-order chi connectivity index (χ0) is 19.9. The van der Waals surface area contributed by atoms with E-state index in [4.69, 9.17) is 4.84 Å². The summed E-state index contributed by atoms with van der Waals surface area (Å²) in [5, 5.41) is 16.7. The van der Waals surface area contributed by atoms with Crippen molar-refractivity contribution in [2.75, 3.05) is 18.1 Å². The molecule has 0 radical (unpaired) electrons. The van der Waals surface area contributed by atoms with Crippen LogP contribution in [0.15, 0.2) is 71.9 Å². The van der Waals surface area contributed by atoms with Crippen molar-refractivity contribution >= 4 is 34.3 Å². The number of hydrogen-bond acceptors (Lipinski definition) is 5. The Labute approximate surface area is 162 Å². The van der Waals surface area contributed by atoms with E-state index in [9.17, 15) is 14.9 Å². The maximum absolute atomic E-state index is 12.6. The summed E-state index contributed by atoms with van der Waals surface area (Å²) < 4.78 is 0. The van der Waals surface area contributed by atoms with Gasteiger partial charge in [0.25, 0.3) is 11.6 Å². The number of hydrogen-bond donors (Lipinski definition) is 0. The number of carbonyl (C=O) groups excluding carboxylic acids is 1. The lowest BCUT2D eigenvalue weighted by Crippen LogP contribution is -2.33. The maximum atomic E-state index is 12.6. The van der Waals surface area contributed by atoms with E-state index in [-0.39, 0.29) is 18.2 Å². The van der Waals surface area contributed by atoms with Crippen molar-refractivity contribution in [3.05, 3.63) is 82.4 Å². The average molecular weight is 377 g/mol. The van der Waals surface area contributed by atoms with Crippen molar-refractivity contribution in [2.24, 2.45) is 5.16 Å². The normalized spacial score (nSPS) is 10.9. The number of anilines is 1. The molecular weight excluding hydrogens is 358 g/mol. The molecule has 0 aliphatic heterocycles. The van der Waals surface area contributed by atoms with Crippen LogP contribution in [0.3, 0.4) is 0 Å². The lowest BCUT2D eigenvalue weighted by molar-refractivity contribution is -0.385. The van der Waals surface area contributed by atoms with Gasteiger partial charge < -0.3 is 9.74 Å². The van der Waals surface area contributed by atoms with Crippen molar-refractivity contribution in [3.63, 3.8) is 0 Å². The Morgan fingerprint density at radius 3 is 2.61 bits per heavy atom. The summed E-state index contributed by atoms with van der Waals surface area (Å²) in [6.07, 6.45) is 1.24. The minimum absolute atomic E-state index is 0.0767. The Bertz CT molecular complexity index is 1030. The molecule has 28 heavy (non-hydrogen) atoms. The van der Waals surface area contributed by atoms with Crippen LogP contribution in [0, 0.1) is 10.1 Å². The Hall–Kier alpha value is -3.74. The molecule has 142 valence electrons. The van der Waals surface area contributed by atoms with Gasteiger partial charge >= 0.3 is 0 Å². The van der Waals surface area contributed by atoms with Crippen molar-refractivity contribution in [2.45, 2.75) is 6.92 Å². The van der Waals surface area contributed by atoms with E-state index in [1.54, 1.807) is 23.1 Å². The third-order valence-electron chi connectivity index (χ3n) is 4.26. The summed E-state index contributed by atoms with van der Waals surface area (Å²) >= 11 is 0. The van der Waals surface area contributed by atoms with Crippen molar-refractivity contribution in [1.82, 2.24) is 0 Å². The molecule has 1 amide bonds. The van der Waals surface area contributed by atoms with Gasteiger partial charge in [-0.1, -0.05) is 53.7 Å². The van der Waals surface area contributed by atoms with Crippen LogP contribution in [0.4, 0.5) is 11.4 Å². The van der Waals surface area contributed by atoms with E-state index >= 15 is 0 Å². The van der Waals surface area contributed by atoms with E-state index < -0.39 is 4.92 Å². The smallest absolute Gasteiger partial charge is 0.278 e. The standard InChI is InChI=1S/C21H19N3O4/c1-2-23(20-13-7-10-16-8-3-5-11-18(16)20)21(25)15-28-22-14-17-9-4-6-12-19(17)24(26)27/h3-14H,2,15H2,1H3/b22-14+. The molecule has 0 bridgehead atoms. The van der Waals surface area contributed by atoms with Gasteiger partial charge in [0.05, 0.1) is 22.4 Å². The van der Waals surface area contributed by atoms with Crippen LogP contribution in [0.5, 0.6) is 0 Å². The predicted octanol–water partition coefficient (Wildman–Crippen LogP) is 4.15. The first-order valence-corrected chi connectivity index (χ1v) is 8.78. The predicted molar refractivity (Wildman–Crippen MR) is 109 cm³/mol. The number of fused-ring (bicyclic) bond motifs is 1. The first kappa shape index (κ1) is 19.0.